The lowest BCUT2D eigenvalue weighted by atomic mass is 9.89. The van der Waals surface area contributed by atoms with Crippen LogP contribution in [0.15, 0.2) is 0 Å². The Morgan fingerprint density at radius 2 is 2.11 bits per heavy atom. The Bertz CT molecular complexity index is 448. The molecule has 0 atom stereocenters. The molecule has 19 heavy (non-hydrogen) atoms. The third-order valence-corrected chi connectivity index (χ3v) is 3.77. The summed E-state index contributed by atoms with van der Waals surface area (Å²) in [6, 6.07) is 0. The number of hydrogen-bond donors (Lipinski definition) is 1. The summed E-state index contributed by atoms with van der Waals surface area (Å²) < 4.78 is 6.77. The average molecular weight is 265 g/mol. The fourth-order valence-corrected chi connectivity index (χ4v) is 2.90. The number of carbonyl (C=O) groups is 1. The first-order chi connectivity index (χ1) is 9.13. The van der Waals surface area contributed by atoms with E-state index in [1.807, 2.05) is 13.8 Å². The molecule has 106 valence electrons. The minimum atomic E-state index is -0.218. The fourth-order valence-electron chi connectivity index (χ4n) is 2.90. The van der Waals surface area contributed by atoms with Crippen LogP contribution in [0.2, 0.25) is 0 Å². The minimum Gasteiger partial charge on any atom is -0.465 e. The molecule has 2 heterocycles. The van der Waals surface area contributed by atoms with E-state index in [4.69, 9.17) is 4.74 Å². The van der Waals surface area contributed by atoms with E-state index < -0.39 is 0 Å². The summed E-state index contributed by atoms with van der Waals surface area (Å²) in [6.45, 7) is 8.66. The van der Waals surface area contributed by atoms with E-state index in [2.05, 4.69) is 17.3 Å². The second-order valence-electron chi connectivity index (χ2n) is 5.07. The second-order valence-corrected chi connectivity index (χ2v) is 5.07. The molecule has 0 saturated carbocycles. The van der Waals surface area contributed by atoms with Crippen LogP contribution in [-0.4, -0.2) is 35.4 Å². The van der Waals surface area contributed by atoms with Gasteiger partial charge in [-0.3, -0.25) is 9.48 Å². The Balaban J connectivity index is 2.16. The predicted molar refractivity (Wildman–Crippen MR) is 73.2 cm³/mol. The summed E-state index contributed by atoms with van der Waals surface area (Å²) >= 11 is 0. The number of nitrogens with zero attached hydrogens (tertiary/aromatic N) is 2. The van der Waals surface area contributed by atoms with Crippen molar-refractivity contribution in [1.82, 2.24) is 15.1 Å². The van der Waals surface area contributed by atoms with Gasteiger partial charge in [0.05, 0.1) is 12.3 Å². The highest BCUT2D eigenvalue weighted by Gasteiger charge is 2.23. The number of aryl methyl sites for hydroxylation is 1. The van der Waals surface area contributed by atoms with Crippen LogP contribution in [0.25, 0.3) is 0 Å². The Labute approximate surface area is 114 Å². The van der Waals surface area contributed by atoms with E-state index in [9.17, 15) is 4.79 Å². The van der Waals surface area contributed by atoms with Crippen LogP contribution in [0.3, 0.4) is 0 Å². The van der Waals surface area contributed by atoms with Gasteiger partial charge in [0.15, 0.2) is 0 Å². The van der Waals surface area contributed by atoms with Gasteiger partial charge in [0, 0.05) is 5.69 Å². The predicted octanol–water partition coefficient (Wildman–Crippen LogP) is 1.53. The molecule has 0 amide bonds. The maximum Gasteiger partial charge on any atom is 0.327 e. The van der Waals surface area contributed by atoms with Gasteiger partial charge in [0.25, 0.3) is 0 Å². The first-order valence-corrected chi connectivity index (χ1v) is 7.03. The van der Waals surface area contributed by atoms with Crippen molar-refractivity contribution in [3.05, 3.63) is 17.0 Å². The topological polar surface area (TPSA) is 56.2 Å². The molecule has 1 aromatic heterocycles. The Kier molecular flexibility index (Phi) is 4.58. The maximum absolute atomic E-state index is 11.6. The molecule has 1 aliphatic rings. The summed E-state index contributed by atoms with van der Waals surface area (Å²) in [6.07, 6.45) is 2.29. The molecule has 1 aromatic rings. The molecule has 5 heteroatoms. The van der Waals surface area contributed by atoms with Crippen molar-refractivity contribution < 1.29 is 9.53 Å². The summed E-state index contributed by atoms with van der Waals surface area (Å²) in [5, 5.41) is 7.88. The normalized spacial score (nSPS) is 16.6. The number of ether oxygens (including phenoxy) is 1. The molecule has 1 fully saturated rings. The zero-order valence-corrected chi connectivity index (χ0v) is 12.0. The molecule has 0 radical (unpaired) electrons. The molecular weight excluding hydrogens is 242 g/mol. The molecule has 1 aliphatic heterocycles. The van der Waals surface area contributed by atoms with Crippen molar-refractivity contribution >= 4 is 5.97 Å². The van der Waals surface area contributed by atoms with Gasteiger partial charge in [-0.25, -0.2) is 0 Å². The van der Waals surface area contributed by atoms with E-state index in [-0.39, 0.29) is 12.5 Å². The number of piperidine rings is 1. The zero-order chi connectivity index (χ0) is 13.8. The number of esters is 1. The smallest absolute Gasteiger partial charge is 0.327 e. The third-order valence-electron chi connectivity index (χ3n) is 3.77. The van der Waals surface area contributed by atoms with Crippen LogP contribution in [-0.2, 0) is 16.1 Å². The molecule has 1 saturated heterocycles. The second kappa shape index (κ2) is 6.19. The van der Waals surface area contributed by atoms with Crippen LogP contribution >= 0.6 is 0 Å². The van der Waals surface area contributed by atoms with Crippen molar-refractivity contribution in [3.8, 4) is 0 Å². The van der Waals surface area contributed by atoms with Gasteiger partial charge in [-0.05, 0) is 58.2 Å². The largest absolute Gasteiger partial charge is 0.465 e. The van der Waals surface area contributed by atoms with E-state index in [0.29, 0.717) is 12.5 Å². The van der Waals surface area contributed by atoms with Crippen LogP contribution in [0.1, 0.15) is 42.6 Å². The molecular formula is C14H23N3O2. The quantitative estimate of drug-likeness (QED) is 0.839. The summed E-state index contributed by atoms with van der Waals surface area (Å²) in [7, 11) is 0. The molecule has 0 spiro atoms. The average Bonchev–Trinajstić information content (AvgIpc) is 2.66. The highest BCUT2D eigenvalue weighted by atomic mass is 16.5. The van der Waals surface area contributed by atoms with Gasteiger partial charge in [0.2, 0.25) is 0 Å². The highest BCUT2D eigenvalue weighted by molar-refractivity contribution is 5.69. The minimum absolute atomic E-state index is 0.214. The van der Waals surface area contributed by atoms with Gasteiger partial charge in [0.1, 0.15) is 6.54 Å². The molecule has 0 aromatic carbocycles. The van der Waals surface area contributed by atoms with Gasteiger partial charge >= 0.3 is 5.97 Å². The van der Waals surface area contributed by atoms with Crippen molar-refractivity contribution in [2.75, 3.05) is 19.7 Å². The van der Waals surface area contributed by atoms with Crippen molar-refractivity contribution in [1.29, 1.82) is 0 Å². The Morgan fingerprint density at radius 3 is 2.74 bits per heavy atom. The first kappa shape index (κ1) is 14.1. The monoisotopic (exact) mass is 265 g/mol. The summed E-state index contributed by atoms with van der Waals surface area (Å²) in [5.41, 5.74) is 3.48. The Morgan fingerprint density at radius 1 is 1.42 bits per heavy atom. The van der Waals surface area contributed by atoms with Gasteiger partial charge in [-0.15, -0.1) is 0 Å². The van der Waals surface area contributed by atoms with E-state index in [0.717, 1.165) is 37.3 Å². The molecule has 0 aliphatic carbocycles. The van der Waals surface area contributed by atoms with E-state index >= 15 is 0 Å². The standard InChI is InChI=1S/C14H23N3O2/c1-4-19-13(18)9-17-11(3)14(10(2)16-17)12-5-7-15-8-6-12/h12,15H,4-9H2,1-3H3. The molecule has 2 rings (SSSR count). The van der Waals surface area contributed by atoms with Crippen molar-refractivity contribution in [2.24, 2.45) is 0 Å². The SMILES string of the molecule is CCOC(=O)Cn1nc(C)c(C2CCNCC2)c1C. The van der Waals surface area contributed by atoms with Crippen LogP contribution in [0, 0.1) is 13.8 Å². The maximum atomic E-state index is 11.6. The van der Waals surface area contributed by atoms with Crippen molar-refractivity contribution in [2.45, 2.75) is 46.1 Å². The fraction of sp³-hybridized carbons (Fsp3) is 0.714. The van der Waals surface area contributed by atoms with E-state index in [1.54, 1.807) is 4.68 Å². The summed E-state index contributed by atoms with van der Waals surface area (Å²) in [4.78, 5) is 11.6. The van der Waals surface area contributed by atoms with Crippen LogP contribution < -0.4 is 5.32 Å². The number of carbonyl (C=O) groups excluding carboxylic acids is 1. The highest BCUT2D eigenvalue weighted by Crippen LogP contribution is 2.30. The van der Waals surface area contributed by atoms with Gasteiger partial charge in [-0.1, -0.05) is 0 Å². The molecule has 0 unspecified atom stereocenters. The van der Waals surface area contributed by atoms with Crippen molar-refractivity contribution in [3.63, 3.8) is 0 Å². The van der Waals surface area contributed by atoms with E-state index in [1.165, 1.54) is 5.56 Å². The van der Waals surface area contributed by atoms with Gasteiger partial charge in [-0.2, -0.15) is 5.10 Å². The molecule has 1 N–H and O–H groups in total. The van der Waals surface area contributed by atoms with Gasteiger partial charge < -0.3 is 10.1 Å². The van der Waals surface area contributed by atoms with Crippen LogP contribution in [0.5, 0.6) is 0 Å². The molecule has 0 bridgehead atoms. The Hall–Kier alpha value is -1.36. The first-order valence-electron chi connectivity index (χ1n) is 7.03. The zero-order valence-electron chi connectivity index (χ0n) is 12.0. The summed E-state index contributed by atoms with van der Waals surface area (Å²) in [5.74, 6) is 0.349. The lowest BCUT2D eigenvalue weighted by Crippen LogP contribution is -2.27. The lowest BCUT2D eigenvalue weighted by molar-refractivity contribution is -0.144. The third kappa shape index (κ3) is 3.15. The van der Waals surface area contributed by atoms with Crippen LogP contribution in [0.4, 0.5) is 0 Å². The number of rotatable bonds is 4. The molecule has 5 nitrogen and oxygen atoms in total. The number of hydrogen-bond acceptors (Lipinski definition) is 4. The lowest BCUT2D eigenvalue weighted by Gasteiger charge is -2.23. The number of aromatic nitrogens is 2. The number of nitrogens with one attached hydrogen (secondary N) is 1.